The minimum atomic E-state index is -1.06. The monoisotopic (exact) mass is 373 g/mol. The van der Waals surface area contributed by atoms with E-state index < -0.39 is 23.9 Å². The number of carbonyl (C=O) groups is 1. The standard InChI is InChI=1S/C16H14ClF2N3O.ClH/c17-11-4-2-6-20-15(11)10-3-1-5-12(14(10)19)22-16(23)13-7-9(18)8-21-13;/h1-6,9,13,21H,7-8H2,(H,22,23);1H/t9-,13+;/m1./s1. The van der Waals surface area contributed by atoms with E-state index in [1.54, 1.807) is 18.2 Å². The molecule has 1 fully saturated rings. The van der Waals surface area contributed by atoms with Crippen molar-refractivity contribution in [2.75, 3.05) is 11.9 Å². The Kier molecular flexibility index (Phi) is 6.10. The van der Waals surface area contributed by atoms with Crippen LogP contribution in [0.1, 0.15) is 6.42 Å². The fourth-order valence-electron chi connectivity index (χ4n) is 2.51. The molecule has 4 nitrogen and oxygen atoms in total. The highest BCUT2D eigenvalue weighted by Gasteiger charge is 2.29. The maximum Gasteiger partial charge on any atom is 0.241 e. The van der Waals surface area contributed by atoms with E-state index in [9.17, 15) is 13.6 Å². The lowest BCUT2D eigenvalue weighted by Gasteiger charge is -2.13. The summed E-state index contributed by atoms with van der Waals surface area (Å²) in [4.78, 5) is 16.1. The summed E-state index contributed by atoms with van der Waals surface area (Å²) in [5.41, 5.74) is 0.500. The summed E-state index contributed by atoms with van der Waals surface area (Å²) in [6.45, 7) is 0.129. The summed E-state index contributed by atoms with van der Waals surface area (Å²) < 4.78 is 27.8. The molecule has 0 unspecified atom stereocenters. The smallest absolute Gasteiger partial charge is 0.241 e. The van der Waals surface area contributed by atoms with Gasteiger partial charge in [0.25, 0.3) is 0 Å². The van der Waals surface area contributed by atoms with Gasteiger partial charge < -0.3 is 10.6 Å². The van der Waals surface area contributed by atoms with E-state index in [0.29, 0.717) is 10.7 Å². The second-order valence-corrected chi connectivity index (χ2v) is 5.69. The zero-order valence-electron chi connectivity index (χ0n) is 12.4. The fraction of sp³-hybridized carbons (Fsp3) is 0.250. The van der Waals surface area contributed by atoms with Gasteiger partial charge in [0, 0.05) is 24.7 Å². The molecule has 0 spiro atoms. The number of amides is 1. The number of hydrogen-bond donors (Lipinski definition) is 2. The molecule has 128 valence electrons. The second-order valence-electron chi connectivity index (χ2n) is 5.28. The van der Waals surface area contributed by atoms with Gasteiger partial charge in [-0.3, -0.25) is 9.78 Å². The highest BCUT2D eigenvalue weighted by Crippen LogP contribution is 2.31. The number of pyridine rings is 1. The third-order valence-electron chi connectivity index (χ3n) is 3.66. The second kappa shape index (κ2) is 7.88. The molecule has 8 heteroatoms. The molecule has 2 heterocycles. The Bertz CT molecular complexity index is 745. The first kappa shape index (κ1) is 18.6. The van der Waals surface area contributed by atoms with Crippen molar-refractivity contribution in [1.29, 1.82) is 0 Å². The van der Waals surface area contributed by atoms with E-state index in [1.165, 1.54) is 18.3 Å². The molecule has 0 bridgehead atoms. The van der Waals surface area contributed by atoms with Gasteiger partial charge in [0.15, 0.2) is 5.82 Å². The number of aromatic nitrogens is 1. The molecule has 1 aromatic heterocycles. The van der Waals surface area contributed by atoms with Crippen LogP contribution in [0, 0.1) is 5.82 Å². The van der Waals surface area contributed by atoms with Crippen LogP contribution in [0.3, 0.4) is 0 Å². The normalized spacial score (nSPS) is 19.6. The van der Waals surface area contributed by atoms with Gasteiger partial charge in [-0.25, -0.2) is 8.78 Å². The minimum Gasteiger partial charge on any atom is -0.322 e. The Morgan fingerprint density at radius 2 is 2.12 bits per heavy atom. The number of benzene rings is 1. The van der Waals surface area contributed by atoms with Gasteiger partial charge in [-0.1, -0.05) is 17.7 Å². The largest absolute Gasteiger partial charge is 0.322 e. The van der Waals surface area contributed by atoms with Crippen molar-refractivity contribution in [2.45, 2.75) is 18.6 Å². The molecule has 2 aromatic rings. The van der Waals surface area contributed by atoms with Gasteiger partial charge in [0.2, 0.25) is 5.91 Å². The molecule has 24 heavy (non-hydrogen) atoms. The number of rotatable bonds is 3. The van der Waals surface area contributed by atoms with Crippen LogP contribution in [0.25, 0.3) is 11.3 Å². The Morgan fingerprint density at radius 1 is 1.33 bits per heavy atom. The molecule has 1 aliphatic heterocycles. The van der Waals surface area contributed by atoms with Crippen LogP contribution >= 0.6 is 24.0 Å². The Morgan fingerprint density at radius 3 is 2.79 bits per heavy atom. The zero-order chi connectivity index (χ0) is 16.4. The lowest BCUT2D eigenvalue weighted by atomic mass is 10.1. The molecular weight excluding hydrogens is 359 g/mol. The number of hydrogen-bond acceptors (Lipinski definition) is 3. The van der Waals surface area contributed by atoms with Crippen LogP contribution in [-0.4, -0.2) is 29.6 Å². The number of nitrogens with zero attached hydrogens (tertiary/aromatic N) is 1. The molecule has 2 N–H and O–H groups in total. The van der Waals surface area contributed by atoms with E-state index in [2.05, 4.69) is 15.6 Å². The fourth-order valence-corrected chi connectivity index (χ4v) is 2.73. The predicted molar refractivity (Wildman–Crippen MR) is 91.8 cm³/mol. The van der Waals surface area contributed by atoms with E-state index in [1.807, 2.05) is 0 Å². The first-order valence-corrected chi connectivity index (χ1v) is 7.52. The van der Waals surface area contributed by atoms with Crippen LogP contribution in [0.15, 0.2) is 36.5 Å². The summed E-state index contributed by atoms with van der Waals surface area (Å²) in [6.07, 6.45) is 0.531. The number of halogens is 4. The highest BCUT2D eigenvalue weighted by molar-refractivity contribution is 6.33. The molecule has 1 aromatic carbocycles. The average molecular weight is 374 g/mol. The SMILES string of the molecule is Cl.O=C(Nc1cccc(-c2ncccc2Cl)c1F)[C@@H]1C[C@@H](F)CN1. The number of nitrogens with one attached hydrogen (secondary N) is 2. The van der Waals surface area contributed by atoms with Crippen molar-refractivity contribution < 1.29 is 13.6 Å². The average Bonchev–Trinajstić information content (AvgIpc) is 2.97. The Hall–Kier alpha value is -1.76. The summed E-state index contributed by atoms with van der Waals surface area (Å²) >= 11 is 6.04. The molecule has 3 rings (SSSR count). The minimum absolute atomic E-state index is 0. The first-order chi connectivity index (χ1) is 11.1. The lowest BCUT2D eigenvalue weighted by molar-refractivity contribution is -0.117. The Balaban J connectivity index is 0.00000208. The third-order valence-corrected chi connectivity index (χ3v) is 3.97. The number of anilines is 1. The molecule has 1 amide bonds. The lowest BCUT2D eigenvalue weighted by Crippen LogP contribution is -2.35. The van der Waals surface area contributed by atoms with Crippen LogP contribution in [0.4, 0.5) is 14.5 Å². The van der Waals surface area contributed by atoms with Crippen molar-refractivity contribution in [3.05, 3.63) is 47.4 Å². The van der Waals surface area contributed by atoms with Crippen molar-refractivity contribution in [1.82, 2.24) is 10.3 Å². The van der Waals surface area contributed by atoms with E-state index in [4.69, 9.17) is 11.6 Å². The molecular formula is C16H15Cl2F2N3O. The van der Waals surface area contributed by atoms with Gasteiger partial charge in [-0.15, -0.1) is 12.4 Å². The van der Waals surface area contributed by atoms with Crippen LogP contribution in [-0.2, 0) is 4.79 Å². The van der Waals surface area contributed by atoms with Crippen LogP contribution < -0.4 is 10.6 Å². The molecule has 0 saturated carbocycles. The maximum absolute atomic E-state index is 14.7. The Labute approximate surface area is 149 Å². The van der Waals surface area contributed by atoms with Gasteiger partial charge in [-0.05, 0) is 24.3 Å². The van der Waals surface area contributed by atoms with E-state index in [0.717, 1.165) is 0 Å². The molecule has 0 aliphatic carbocycles. The van der Waals surface area contributed by atoms with E-state index >= 15 is 0 Å². The van der Waals surface area contributed by atoms with Crippen molar-refractivity contribution in [3.8, 4) is 11.3 Å². The topological polar surface area (TPSA) is 54.0 Å². The predicted octanol–water partition coefficient (Wildman–Crippen LogP) is 3.60. The summed E-state index contributed by atoms with van der Waals surface area (Å²) in [7, 11) is 0. The summed E-state index contributed by atoms with van der Waals surface area (Å²) in [5.74, 6) is -1.09. The number of alkyl halides is 1. The van der Waals surface area contributed by atoms with Crippen molar-refractivity contribution in [2.24, 2.45) is 0 Å². The van der Waals surface area contributed by atoms with Gasteiger partial charge in [0.1, 0.15) is 6.17 Å². The first-order valence-electron chi connectivity index (χ1n) is 7.14. The third kappa shape index (κ3) is 3.83. The van der Waals surface area contributed by atoms with Gasteiger partial charge in [0.05, 0.1) is 22.4 Å². The molecule has 1 aliphatic rings. The zero-order valence-corrected chi connectivity index (χ0v) is 14.0. The maximum atomic E-state index is 14.7. The molecule has 0 radical (unpaired) electrons. The van der Waals surface area contributed by atoms with Crippen molar-refractivity contribution in [3.63, 3.8) is 0 Å². The van der Waals surface area contributed by atoms with Crippen molar-refractivity contribution >= 4 is 35.6 Å². The van der Waals surface area contributed by atoms with E-state index in [-0.39, 0.29) is 36.6 Å². The molecule has 2 atom stereocenters. The molecule has 1 saturated heterocycles. The van der Waals surface area contributed by atoms with Gasteiger partial charge >= 0.3 is 0 Å². The quantitative estimate of drug-likeness (QED) is 0.863. The van der Waals surface area contributed by atoms with Crippen LogP contribution in [0.5, 0.6) is 0 Å². The highest BCUT2D eigenvalue weighted by atomic mass is 35.5. The summed E-state index contributed by atoms with van der Waals surface area (Å²) in [5, 5.41) is 5.56. The number of carbonyl (C=O) groups excluding carboxylic acids is 1. The summed E-state index contributed by atoms with van der Waals surface area (Å²) in [6, 6.07) is 7.16. The van der Waals surface area contributed by atoms with Crippen LogP contribution in [0.2, 0.25) is 5.02 Å². The van der Waals surface area contributed by atoms with Gasteiger partial charge in [-0.2, -0.15) is 0 Å².